The topological polar surface area (TPSA) is 78.3 Å². The van der Waals surface area contributed by atoms with Crippen LogP contribution >= 0.6 is 0 Å². The number of likely N-dealkylation sites (N-methyl/N-ethyl adjacent to an activating group) is 1. The van der Waals surface area contributed by atoms with E-state index in [0.717, 1.165) is 37.3 Å². The molecule has 1 aliphatic heterocycles. The van der Waals surface area contributed by atoms with E-state index >= 15 is 0 Å². The number of piperidine rings is 1. The number of nitrogens with zero attached hydrogens (tertiary/aromatic N) is 5. The van der Waals surface area contributed by atoms with Gasteiger partial charge in [0.2, 0.25) is 11.9 Å². The standard InChI is InChI=1S/C22H29N7O/c1-23-21(30)15-28-12-8-16(9-13-28)25-22-24-11-7-20(26-22)29-14-10-17-18(27(2)3)5-4-6-19(17)29/h4-7,10-11,14,16H,8-9,12-13,15H2,1-3H3,(H,23,30)(H,24,25,26). The quantitative estimate of drug-likeness (QED) is 0.652. The molecule has 4 rings (SSSR count). The minimum absolute atomic E-state index is 0.0637. The minimum Gasteiger partial charge on any atom is -0.377 e. The molecule has 1 fully saturated rings. The maximum atomic E-state index is 11.6. The molecule has 0 atom stereocenters. The molecule has 0 saturated carbocycles. The molecule has 0 radical (unpaired) electrons. The lowest BCUT2D eigenvalue weighted by molar-refractivity contribution is -0.122. The Labute approximate surface area is 176 Å². The van der Waals surface area contributed by atoms with Crippen LogP contribution in [0.4, 0.5) is 11.6 Å². The number of amides is 1. The average molecular weight is 408 g/mol. The molecule has 1 aliphatic rings. The number of carbonyl (C=O) groups is 1. The van der Waals surface area contributed by atoms with Crippen molar-refractivity contribution in [3.05, 3.63) is 42.7 Å². The summed E-state index contributed by atoms with van der Waals surface area (Å²) in [7, 11) is 5.79. The molecule has 2 aromatic heterocycles. The number of anilines is 2. The number of likely N-dealkylation sites (tertiary alicyclic amines) is 1. The lowest BCUT2D eigenvalue weighted by Crippen LogP contribution is -2.43. The highest BCUT2D eigenvalue weighted by atomic mass is 16.1. The molecule has 3 heterocycles. The minimum atomic E-state index is 0.0637. The molecule has 0 bridgehead atoms. The van der Waals surface area contributed by atoms with Crippen LogP contribution in [-0.2, 0) is 4.79 Å². The summed E-state index contributed by atoms with van der Waals surface area (Å²) in [4.78, 5) is 25.1. The number of rotatable bonds is 6. The summed E-state index contributed by atoms with van der Waals surface area (Å²) in [5, 5.41) is 7.36. The van der Waals surface area contributed by atoms with Crippen LogP contribution in [0.3, 0.4) is 0 Å². The Bertz CT molecular complexity index is 1020. The summed E-state index contributed by atoms with van der Waals surface area (Å²) in [6, 6.07) is 10.7. The number of hydrogen-bond donors (Lipinski definition) is 2. The third kappa shape index (κ3) is 4.23. The maximum absolute atomic E-state index is 11.6. The van der Waals surface area contributed by atoms with Gasteiger partial charge in [0.15, 0.2) is 0 Å². The van der Waals surface area contributed by atoms with E-state index in [-0.39, 0.29) is 5.91 Å². The fraction of sp³-hybridized carbons (Fsp3) is 0.409. The van der Waals surface area contributed by atoms with E-state index in [4.69, 9.17) is 4.98 Å². The molecule has 8 heteroatoms. The van der Waals surface area contributed by atoms with Crippen molar-refractivity contribution < 1.29 is 4.79 Å². The summed E-state index contributed by atoms with van der Waals surface area (Å²) in [5.74, 6) is 1.55. The van der Waals surface area contributed by atoms with Gasteiger partial charge < -0.3 is 20.1 Å². The summed E-state index contributed by atoms with van der Waals surface area (Å²) < 4.78 is 2.10. The second kappa shape index (κ2) is 8.71. The molecule has 8 nitrogen and oxygen atoms in total. The van der Waals surface area contributed by atoms with Crippen LogP contribution in [0.2, 0.25) is 0 Å². The van der Waals surface area contributed by atoms with Gasteiger partial charge >= 0.3 is 0 Å². The van der Waals surface area contributed by atoms with Crippen molar-refractivity contribution in [2.75, 3.05) is 51.0 Å². The fourth-order valence-corrected chi connectivity index (χ4v) is 3.99. The van der Waals surface area contributed by atoms with Crippen LogP contribution in [0, 0.1) is 0 Å². The predicted octanol–water partition coefficient (Wildman–Crippen LogP) is 2.11. The van der Waals surface area contributed by atoms with E-state index in [1.165, 1.54) is 11.1 Å². The lowest BCUT2D eigenvalue weighted by atomic mass is 10.1. The highest BCUT2D eigenvalue weighted by Gasteiger charge is 2.21. The first-order chi connectivity index (χ1) is 14.5. The highest BCUT2D eigenvalue weighted by Crippen LogP contribution is 2.28. The smallest absolute Gasteiger partial charge is 0.233 e. The molecule has 0 unspecified atom stereocenters. The van der Waals surface area contributed by atoms with Gasteiger partial charge in [-0.2, -0.15) is 4.98 Å². The zero-order chi connectivity index (χ0) is 21.1. The second-order valence-corrected chi connectivity index (χ2v) is 7.90. The van der Waals surface area contributed by atoms with Gasteiger partial charge in [0.05, 0.1) is 12.1 Å². The van der Waals surface area contributed by atoms with E-state index in [1.807, 2.05) is 6.07 Å². The average Bonchev–Trinajstić information content (AvgIpc) is 3.19. The van der Waals surface area contributed by atoms with Gasteiger partial charge in [-0.15, -0.1) is 0 Å². The van der Waals surface area contributed by atoms with E-state index < -0.39 is 0 Å². The number of aromatic nitrogens is 3. The number of fused-ring (bicyclic) bond motifs is 1. The molecule has 1 saturated heterocycles. The molecule has 1 aromatic carbocycles. The first kappa shape index (κ1) is 20.2. The van der Waals surface area contributed by atoms with Gasteiger partial charge in [-0.3, -0.25) is 9.69 Å². The molecule has 2 N–H and O–H groups in total. The third-order valence-electron chi connectivity index (χ3n) is 5.65. The van der Waals surface area contributed by atoms with E-state index in [9.17, 15) is 4.79 Å². The van der Waals surface area contributed by atoms with Gasteiger partial charge in [-0.25, -0.2) is 4.98 Å². The van der Waals surface area contributed by atoms with Crippen molar-refractivity contribution in [2.24, 2.45) is 0 Å². The van der Waals surface area contributed by atoms with Crippen molar-refractivity contribution >= 4 is 28.4 Å². The molecule has 30 heavy (non-hydrogen) atoms. The molecule has 3 aromatic rings. The van der Waals surface area contributed by atoms with Gasteiger partial charge in [-0.05, 0) is 37.1 Å². The van der Waals surface area contributed by atoms with E-state index in [0.29, 0.717) is 18.5 Å². The molecule has 0 spiro atoms. The number of benzene rings is 1. The molecule has 158 valence electrons. The van der Waals surface area contributed by atoms with Crippen LogP contribution in [-0.4, -0.2) is 72.2 Å². The van der Waals surface area contributed by atoms with Gasteiger partial charge in [0.25, 0.3) is 0 Å². The highest BCUT2D eigenvalue weighted by molar-refractivity contribution is 5.93. The largest absolute Gasteiger partial charge is 0.377 e. The van der Waals surface area contributed by atoms with Crippen LogP contribution in [0.5, 0.6) is 0 Å². The van der Waals surface area contributed by atoms with Crippen molar-refractivity contribution in [1.82, 2.24) is 24.8 Å². The Morgan fingerprint density at radius 3 is 2.73 bits per heavy atom. The number of nitrogens with one attached hydrogen (secondary N) is 2. The van der Waals surface area contributed by atoms with E-state index in [2.05, 4.69) is 74.5 Å². The molecule has 1 amide bonds. The SMILES string of the molecule is CNC(=O)CN1CCC(Nc2nccc(-n3ccc4c(N(C)C)cccc43)n2)CC1. The molecular formula is C22H29N7O. The second-order valence-electron chi connectivity index (χ2n) is 7.90. The number of carbonyl (C=O) groups excluding carboxylic acids is 1. The number of hydrogen-bond acceptors (Lipinski definition) is 6. The van der Waals surface area contributed by atoms with Crippen LogP contribution < -0.4 is 15.5 Å². The Hall–Kier alpha value is -3.13. The molecular weight excluding hydrogens is 378 g/mol. The third-order valence-corrected chi connectivity index (χ3v) is 5.65. The summed E-state index contributed by atoms with van der Waals surface area (Å²) in [6.45, 7) is 2.24. The molecule has 0 aliphatic carbocycles. The zero-order valence-electron chi connectivity index (χ0n) is 17.8. The van der Waals surface area contributed by atoms with Crippen LogP contribution in [0.15, 0.2) is 42.7 Å². The van der Waals surface area contributed by atoms with Gasteiger partial charge in [0.1, 0.15) is 5.82 Å². The van der Waals surface area contributed by atoms with Crippen LogP contribution in [0.25, 0.3) is 16.7 Å². The Morgan fingerprint density at radius 1 is 1.20 bits per heavy atom. The fourth-order valence-electron chi connectivity index (χ4n) is 3.99. The Kier molecular flexibility index (Phi) is 5.85. The normalized spacial score (nSPS) is 15.3. The van der Waals surface area contributed by atoms with Crippen LogP contribution in [0.1, 0.15) is 12.8 Å². The Balaban J connectivity index is 1.47. The van der Waals surface area contributed by atoms with Crippen molar-refractivity contribution in [3.63, 3.8) is 0 Å². The summed E-state index contributed by atoms with van der Waals surface area (Å²) >= 11 is 0. The lowest BCUT2D eigenvalue weighted by Gasteiger charge is -2.31. The first-order valence-electron chi connectivity index (χ1n) is 10.4. The summed E-state index contributed by atoms with van der Waals surface area (Å²) in [6.07, 6.45) is 5.78. The summed E-state index contributed by atoms with van der Waals surface area (Å²) in [5.41, 5.74) is 2.30. The van der Waals surface area contributed by atoms with Gasteiger partial charge in [0, 0.05) is 63.7 Å². The Morgan fingerprint density at radius 2 is 2.00 bits per heavy atom. The maximum Gasteiger partial charge on any atom is 0.233 e. The monoisotopic (exact) mass is 407 g/mol. The van der Waals surface area contributed by atoms with Gasteiger partial charge in [-0.1, -0.05) is 6.07 Å². The predicted molar refractivity (Wildman–Crippen MR) is 120 cm³/mol. The first-order valence-corrected chi connectivity index (χ1v) is 10.4. The van der Waals surface area contributed by atoms with Crippen molar-refractivity contribution in [1.29, 1.82) is 0 Å². The van der Waals surface area contributed by atoms with E-state index in [1.54, 1.807) is 13.2 Å². The van der Waals surface area contributed by atoms with Crippen molar-refractivity contribution in [3.8, 4) is 5.82 Å². The van der Waals surface area contributed by atoms with Crippen molar-refractivity contribution in [2.45, 2.75) is 18.9 Å². The zero-order valence-corrected chi connectivity index (χ0v) is 17.8.